The van der Waals surface area contributed by atoms with Crippen LogP contribution in [0.5, 0.6) is 0 Å². The molecule has 0 fully saturated rings. The molecule has 0 atom stereocenters. The third-order valence-corrected chi connectivity index (χ3v) is 4.62. The van der Waals surface area contributed by atoms with Crippen molar-refractivity contribution in [3.63, 3.8) is 0 Å². The number of nitrogens with two attached hydrogens (primary N) is 1. The van der Waals surface area contributed by atoms with Crippen molar-refractivity contribution in [1.29, 1.82) is 5.41 Å². The second kappa shape index (κ2) is 6.70. The molecule has 0 saturated carbocycles. The van der Waals surface area contributed by atoms with Gasteiger partial charge in [0, 0.05) is 16.6 Å². The molecule has 28 heavy (non-hydrogen) atoms. The summed E-state index contributed by atoms with van der Waals surface area (Å²) in [4.78, 5) is 12.0. The van der Waals surface area contributed by atoms with Gasteiger partial charge in [-0.05, 0) is 38.1 Å². The van der Waals surface area contributed by atoms with Crippen LogP contribution in [0.2, 0.25) is 0 Å². The molecule has 1 aliphatic rings. The molecule has 7 nitrogen and oxygen atoms in total. The Morgan fingerprint density at radius 2 is 1.93 bits per heavy atom. The summed E-state index contributed by atoms with van der Waals surface area (Å²) in [6.07, 6.45) is 0. The number of para-hydroxylation sites is 1. The Morgan fingerprint density at radius 3 is 2.68 bits per heavy atom. The molecule has 2 aromatic carbocycles. The van der Waals surface area contributed by atoms with Gasteiger partial charge in [0.2, 0.25) is 0 Å². The number of furan rings is 1. The molecule has 3 aromatic rings. The summed E-state index contributed by atoms with van der Waals surface area (Å²) in [5.74, 6) is -0.0720. The van der Waals surface area contributed by atoms with Crippen LogP contribution in [0.3, 0.4) is 0 Å². The lowest BCUT2D eigenvalue weighted by atomic mass is 10.0. The fourth-order valence-corrected chi connectivity index (χ4v) is 3.19. The third-order valence-electron chi connectivity index (χ3n) is 4.62. The first-order valence-corrected chi connectivity index (χ1v) is 8.75. The molecular formula is C21H19N5O2. The van der Waals surface area contributed by atoms with E-state index in [0.717, 1.165) is 22.2 Å². The number of fused-ring (bicyclic) bond motifs is 1. The van der Waals surface area contributed by atoms with Crippen molar-refractivity contribution in [2.24, 2.45) is 10.8 Å². The molecule has 1 aromatic heterocycles. The first-order valence-electron chi connectivity index (χ1n) is 8.75. The number of amidine groups is 1. The van der Waals surface area contributed by atoms with Crippen LogP contribution in [0.25, 0.3) is 16.7 Å². The van der Waals surface area contributed by atoms with Crippen LogP contribution in [0.1, 0.15) is 16.9 Å². The molecule has 0 unspecified atom stereocenters. The van der Waals surface area contributed by atoms with E-state index in [0.29, 0.717) is 17.0 Å². The van der Waals surface area contributed by atoms with Crippen molar-refractivity contribution < 1.29 is 9.21 Å². The van der Waals surface area contributed by atoms with Gasteiger partial charge in [0.1, 0.15) is 11.3 Å². The van der Waals surface area contributed by atoms with Gasteiger partial charge in [-0.3, -0.25) is 10.2 Å². The summed E-state index contributed by atoms with van der Waals surface area (Å²) in [5, 5.41) is 16.3. The van der Waals surface area contributed by atoms with E-state index in [1.165, 1.54) is 0 Å². The van der Waals surface area contributed by atoms with Crippen molar-refractivity contribution in [3.8, 4) is 0 Å². The van der Waals surface area contributed by atoms with Gasteiger partial charge in [-0.25, -0.2) is 5.43 Å². The molecule has 0 bridgehead atoms. The van der Waals surface area contributed by atoms with Crippen LogP contribution in [0, 0.1) is 19.3 Å². The standard InChI is InChI=1S/C21H19N5O2/c1-11-8-9-15-14(10-11)12(2)19(28-15)18(24-13-6-4-3-5-7-13)16-17(22)21(27)26-25-20(16)23/h3-10,22,24H,1-2H3,(H2,23,25)(H,26,27)/b18-16+,22-17?. The Morgan fingerprint density at radius 1 is 1.18 bits per heavy atom. The second-order valence-corrected chi connectivity index (χ2v) is 6.61. The molecule has 140 valence electrons. The lowest BCUT2D eigenvalue weighted by molar-refractivity contribution is -0.114. The quantitative estimate of drug-likeness (QED) is 0.563. The molecule has 0 saturated heterocycles. The van der Waals surface area contributed by atoms with E-state index in [9.17, 15) is 4.79 Å². The molecule has 0 spiro atoms. The SMILES string of the molecule is Cc1ccc2oc(/C(Nc3ccccc3)=C3/C(=N)C(=O)NN=C3N)c(C)c2c1. The maximum atomic E-state index is 12.0. The predicted octanol–water partition coefficient (Wildman–Crippen LogP) is 3.29. The zero-order valence-corrected chi connectivity index (χ0v) is 15.5. The van der Waals surface area contributed by atoms with E-state index in [1.54, 1.807) is 0 Å². The normalized spacial score (nSPS) is 16.0. The minimum absolute atomic E-state index is 0.0408. The minimum atomic E-state index is -0.624. The number of hydrogen-bond donors (Lipinski definition) is 4. The van der Waals surface area contributed by atoms with Crippen molar-refractivity contribution in [2.45, 2.75) is 13.8 Å². The van der Waals surface area contributed by atoms with Crippen LogP contribution in [0.4, 0.5) is 5.69 Å². The predicted molar refractivity (Wildman–Crippen MR) is 110 cm³/mol. The topological polar surface area (TPSA) is 116 Å². The average Bonchev–Trinajstić information content (AvgIpc) is 3.01. The molecule has 1 amide bonds. The summed E-state index contributed by atoms with van der Waals surface area (Å²) in [7, 11) is 0. The van der Waals surface area contributed by atoms with Crippen LogP contribution < -0.4 is 16.5 Å². The zero-order chi connectivity index (χ0) is 19.8. The first-order chi connectivity index (χ1) is 13.5. The van der Waals surface area contributed by atoms with E-state index >= 15 is 0 Å². The number of aryl methyl sites for hydroxylation is 2. The van der Waals surface area contributed by atoms with E-state index in [4.69, 9.17) is 15.6 Å². The summed E-state index contributed by atoms with van der Waals surface area (Å²) in [5.41, 5.74) is 12.1. The maximum absolute atomic E-state index is 12.0. The van der Waals surface area contributed by atoms with E-state index in [-0.39, 0.29) is 17.1 Å². The molecule has 2 heterocycles. The number of hydrogen-bond acceptors (Lipinski definition) is 6. The molecule has 5 N–H and O–H groups in total. The smallest absolute Gasteiger partial charge is 0.290 e. The summed E-state index contributed by atoms with van der Waals surface area (Å²) in [6.45, 7) is 3.95. The highest BCUT2D eigenvalue weighted by Gasteiger charge is 2.29. The largest absolute Gasteiger partial charge is 0.454 e. The Kier molecular flexibility index (Phi) is 4.19. The van der Waals surface area contributed by atoms with E-state index in [2.05, 4.69) is 15.8 Å². The Balaban J connectivity index is 1.99. The Labute approximate surface area is 161 Å². The highest BCUT2D eigenvalue weighted by atomic mass is 16.3. The van der Waals surface area contributed by atoms with Crippen molar-refractivity contribution in [3.05, 3.63) is 71.0 Å². The summed E-state index contributed by atoms with van der Waals surface area (Å²) < 4.78 is 6.11. The highest BCUT2D eigenvalue weighted by molar-refractivity contribution is 6.53. The number of rotatable bonds is 3. The monoisotopic (exact) mass is 373 g/mol. The fraction of sp³-hybridized carbons (Fsp3) is 0.0952. The van der Waals surface area contributed by atoms with Crippen LogP contribution in [-0.2, 0) is 4.79 Å². The number of anilines is 1. The number of amides is 1. The lowest BCUT2D eigenvalue weighted by Gasteiger charge is -2.19. The van der Waals surface area contributed by atoms with Crippen molar-refractivity contribution >= 4 is 39.8 Å². The van der Waals surface area contributed by atoms with Gasteiger partial charge in [-0.15, -0.1) is 0 Å². The maximum Gasteiger partial charge on any atom is 0.290 e. The Hall–Kier alpha value is -3.87. The van der Waals surface area contributed by atoms with Gasteiger partial charge in [-0.2, -0.15) is 5.10 Å². The Bertz CT molecular complexity index is 1170. The second-order valence-electron chi connectivity index (χ2n) is 6.61. The van der Waals surface area contributed by atoms with Crippen LogP contribution in [0.15, 0.2) is 63.6 Å². The van der Waals surface area contributed by atoms with Gasteiger partial charge < -0.3 is 15.5 Å². The van der Waals surface area contributed by atoms with Crippen LogP contribution in [-0.4, -0.2) is 17.5 Å². The van der Waals surface area contributed by atoms with Gasteiger partial charge >= 0.3 is 0 Å². The van der Waals surface area contributed by atoms with Gasteiger partial charge in [-0.1, -0.05) is 29.8 Å². The molecule has 4 rings (SSSR count). The van der Waals surface area contributed by atoms with Crippen molar-refractivity contribution in [2.75, 3.05) is 5.32 Å². The van der Waals surface area contributed by atoms with Gasteiger partial charge in [0.15, 0.2) is 11.6 Å². The van der Waals surface area contributed by atoms with E-state index < -0.39 is 5.91 Å². The molecule has 0 aliphatic carbocycles. The third kappa shape index (κ3) is 2.92. The number of nitrogens with zero attached hydrogens (tertiary/aromatic N) is 1. The number of carbonyl (C=O) groups is 1. The zero-order valence-electron chi connectivity index (χ0n) is 15.5. The molecule has 1 aliphatic heterocycles. The molecular weight excluding hydrogens is 354 g/mol. The van der Waals surface area contributed by atoms with E-state index in [1.807, 2.05) is 62.4 Å². The number of carbonyl (C=O) groups excluding carboxylic acids is 1. The molecule has 0 radical (unpaired) electrons. The van der Waals surface area contributed by atoms with Gasteiger partial charge in [0.25, 0.3) is 5.91 Å². The minimum Gasteiger partial charge on any atom is -0.454 e. The fourth-order valence-electron chi connectivity index (χ4n) is 3.19. The first kappa shape index (κ1) is 17.5. The van der Waals surface area contributed by atoms with Crippen LogP contribution >= 0.6 is 0 Å². The highest BCUT2D eigenvalue weighted by Crippen LogP contribution is 2.33. The lowest BCUT2D eigenvalue weighted by Crippen LogP contribution is -2.40. The summed E-state index contributed by atoms with van der Waals surface area (Å²) in [6, 6.07) is 15.3. The van der Waals surface area contributed by atoms with Crippen molar-refractivity contribution in [1.82, 2.24) is 5.43 Å². The average molecular weight is 373 g/mol. The molecule has 7 heteroatoms. The number of nitrogens with one attached hydrogen (secondary N) is 3. The summed E-state index contributed by atoms with van der Waals surface area (Å²) >= 11 is 0. The number of benzene rings is 2. The van der Waals surface area contributed by atoms with Gasteiger partial charge in [0.05, 0.1) is 11.3 Å². The number of hydrazone groups is 1.